The first-order valence-corrected chi connectivity index (χ1v) is 6.87. The van der Waals surface area contributed by atoms with Crippen LogP contribution in [0.3, 0.4) is 0 Å². The van der Waals surface area contributed by atoms with E-state index in [9.17, 15) is 13.6 Å². The largest absolute Gasteiger partial charge is 0.433 e. The third kappa shape index (κ3) is 3.67. The molecule has 0 aliphatic heterocycles. The molecule has 1 aromatic carbocycles. The van der Waals surface area contributed by atoms with Crippen LogP contribution in [0.15, 0.2) is 23.1 Å². The van der Waals surface area contributed by atoms with E-state index in [1.807, 2.05) is 0 Å². The van der Waals surface area contributed by atoms with Gasteiger partial charge >= 0.3 is 6.61 Å². The molecule has 6 heteroatoms. The molecule has 0 spiro atoms. The van der Waals surface area contributed by atoms with E-state index >= 15 is 0 Å². The van der Waals surface area contributed by atoms with Crippen LogP contribution in [0.25, 0.3) is 0 Å². The van der Waals surface area contributed by atoms with Crippen LogP contribution >= 0.6 is 27.7 Å². The fourth-order valence-electron chi connectivity index (χ4n) is 1.33. The van der Waals surface area contributed by atoms with Gasteiger partial charge in [-0.15, -0.1) is 11.8 Å². The van der Waals surface area contributed by atoms with E-state index in [0.717, 1.165) is 0 Å². The lowest BCUT2D eigenvalue weighted by Gasteiger charge is -2.16. The molecular formula is C11H11BrF2O2S. The molecule has 0 fully saturated rings. The van der Waals surface area contributed by atoms with Crippen molar-refractivity contribution < 1.29 is 18.3 Å². The van der Waals surface area contributed by atoms with Gasteiger partial charge in [0, 0.05) is 10.5 Å². The number of Topliss-reactive ketones (excluding diaryl/α,β-unsaturated/α-hetero) is 1. The maximum atomic E-state index is 12.3. The predicted molar refractivity (Wildman–Crippen MR) is 67.2 cm³/mol. The minimum absolute atomic E-state index is 0.0621. The quantitative estimate of drug-likeness (QED) is 0.604. The first-order valence-electron chi connectivity index (χ1n) is 4.73. The van der Waals surface area contributed by atoms with Gasteiger partial charge in [-0.25, -0.2) is 0 Å². The Morgan fingerprint density at radius 2 is 2.12 bits per heavy atom. The van der Waals surface area contributed by atoms with Gasteiger partial charge in [0.2, 0.25) is 0 Å². The van der Waals surface area contributed by atoms with Crippen LogP contribution < -0.4 is 4.74 Å². The number of hydrogen-bond acceptors (Lipinski definition) is 3. The third-order valence-electron chi connectivity index (χ3n) is 2.07. The van der Waals surface area contributed by atoms with Crippen molar-refractivity contribution in [3.8, 4) is 5.75 Å². The molecule has 0 aromatic heterocycles. The fourth-order valence-corrected chi connectivity index (χ4v) is 2.25. The van der Waals surface area contributed by atoms with Crippen molar-refractivity contribution in [1.29, 1.82) is 0 Å². The van der Waals surface area contributed by atoms with E-state index in [2.05, 4.69) is 20.7 Å². The topological polar surface area (TPSA) is 26.3 Å². The molecule has 0 aliphatic carbocycles. The highest BCUT2D eigenvalue weighted by Gasteiger charge is 2.21. The molecule has 0 amide bonds. The van der Waals surface area contributed by atoms with E-state index < -0.39 is 11.4 Å². The van der Waals surface area contributed by atoms with Gasteiger partial charge in [-0.1, -0.05) is 28.1 Å². The molecule has 0 aliphatic rings. The Morgan fingerprint density at radius 1 is 1.47 bits per heavy atom. The summed E-state index contributed by atoms with van der Waals surface area (Å²) in [4.78, 5) is 11.2. The highest BCUT2D eigenvalue weighted by Crippen LogP contribution is 2.39. The van der Waals surface area contributed by atoms with Crippen molar-refractivity contribution in [3.63, 3.8) is 0 Å². The second kappa shape index (κ2) is 6.35. The molecule has 1 rings (SSSR count). The van der Waals surface area contributed by atoms with Crippen LogP contribution in [-0.4, -0.2) is 18.7 Å². The van der Waals surface area contributed by atoms with Crippen LogP contribution in [0.5, 0.6) is 5.75 Å². The zero-order valence-electron chi connectivity index (χ0n) is 9.25. The Bertz CT molecular complexity index is 412. The minimum Gasteiger partial charge on any atom is -0.433 e. The summed E-state index contributed by atoms with van der Waals surface area (Å²) in [6.45, 7) is -1.52. The molecular weight excluding hydrogens is 314 g/mol. The standard InChI is InChI=1S/C11H11BrF2O2S/c1-6(15)9(12)7-4-3-5-8(17-2)10(7)16-11(13)14/h3-5,9,11H,1-2H3. The molecule has 0 saturated heterocycles. The molecule has 0 heterocycles. The lowest BCUT2D eigenvalue weighted by Crippen LogP contribution is -2.09. The maximum absolute atomic E-state index is 12.3. The minimum atomic E-state index is -2.91. The van der Waals surface area contributed by atoms with Crippen LogP contribution in [-0.2, 0) is 4.79 Å². The lowest BCUT2D eigenvalue weighted by molar-refractivity contribution is -0.116. The highest BCUT2D eigenvalue weighted by atomic mass is 79.9. The lowest BCUT2D eigenvalue weighted by atomic mass is 10.1. The Balaban J connectivity index is 3.23. The first kappa shape index (κ1) is 14.4. The number of alkyl halides is 3. The third-order valence-corrected chi connectivity index (χ3v) is 3.97. The molecule has 17 heavy (non-hydrogen) atoms. The van der Waals surface area contributed by atoms with Gasteiger partial charge in [0.05, 0.1) is 0 Å². The van der Waals surface area contributed by atoms with Gasteiger partial charge in [0.15, 0.2) is 0 Å². The summed E-state index contributed by atoms with van der Waals surface area (Å²) in [5.41, 5.74) is 0.421. The average Bonchev–Trinajstić information content (AvgIpc) is 2.27. The summed E-state index contributed by atoms with van der Waals surface area (Å²) >= 11 is 4.46. The van der Waals surface area contributed by atoms with E-state index in [1.165, 1.54) is 18.7 Å². The van der Waals surface area contributed by atoms with Gasteiger partial charge in [-0.3, -0.25) is 4.79 Å². The maximum Gasteiger partial charge on any atom is 0.387 e. The van der Waals surface area contributed by atoms with Crippen molar-refractivity contribution in [2.24, 2.45) is 0 Å². The van der Waals surface area contributed by atoms with Gasteiger partial charge in [-0.2, -0.15) is 8.78 Å². The molecule has 0 bridgehead atoms. The van der Waals surface area contributed by atoms with E-state index in [1.54, 1.807) is 24.5 Å². The first-order chi connectivity index (χ1) is 7.97. The molecule has 1 unspecified atom stereocenters. The molecule has 1 aromatic rings. The van der Waals surface area contributed by atoms with Gasteiger partial charge in [-0.05, 0) is 19.2 Å². The van der Waals surface area contributed by atoms with Crippen LogP contribution in [0, 0.1) is 0 Å². The number of halogens is 3. The van der Waals surface area contributed by atoms with Crippen molar-refractivity contribution in [2.75, 3.05) is 6.26 Å². The number of hydrogen-bond donors (Lipinski definition) is 0. The fraction of sp³-hybridized carbons (Fsp3) is 0.364. The monoisotopic (exact) mass is 324 g/mol. The molecule has 1 atom stereocenters. The van der Waals surface area contributed by atoms with Gasteiger partial charge < -0.3 is 4.74 Å². The number of ketones is 1. The van der Waals surface area contributed by atoms with Crippen molar-refractivity contribution in [1.82, 2.24) is 0 Å². The van der Waals surface area contributed by atoms with Gasteiger partial charge in [0.25, 0.3) is 0 Å². The summed E-state index contributed by atoms with van der Waals surface area (Å²) in [6.07, 6.45) is 1.76. The van der Waals surface area contributed by atoms with Crippen LogP contribution in [0.1, 0.15) is 17.3 Å². The molecule has 0 N–H and O–H groups in total. The van der Waals surface area contributed by atoms with E-state index in [0.29, 0.717) is 10.5 Å². The highest BCUT2D eigenvalue weighted by molar-refractivity contribution is 9.09. The Kier molecular flexibility index (Phi) is 5.39. The zero-order chi connectivity index (χ0) is 13.0. The molecule has 0 saturated carbocycles. The number of carbonyl (C=O) groups excluding carboxylic acids is 1. The van der Waals surface area contributed by atoms with Gasteiger partial charge in [0.1, 0.15) is 16.4 Å². The Hall–Kier alpha value is -0.620. The normalized spacial score (nSPS) is 12.6. The summed E-state index contributed by atoms with van der Waals surface area (Å²) in [5, 5.41) is 0. The van der Waals surface area contributed by atoms with Crippen LogP contribution in [0.2, 0.25) is 0 Å². The average molecular weight is 325 g/mol. The van der Waals surface area contributed by atoms with E-state index in [4.69, 9.17) is 0 Å². The smallest absolute Gasteiger partial charge is 0.387 e. The summed E-state index contributed by atoms with van der Waals surface area (Å²) in [5.74, 6) is -0.102. The van der Waals surface area contributed by atoms with Crippen molar-refractivity contribution in [2.45, 2.75) is 23.3 Å². The number of thioether (sulfide) groups is 1. The summed E-state index contributed by atoms with van der Waals surface area (Å²) in [6, 6.07) is 4.97. The Labute approximate surface area is 111 Å². The second-order valence-electron chi connectivity index (χ2n) is 3.23. The number of ether oxygens (including phenoxy) is 1. The molecule has 2 nitrogen and oxygen atoms in total. The number of para-hydroxylation sites is 1. The Morgan fingerprint density at radius 3 is 2.59 bits per heavy atom. The SMILES string of the molecule is CSc1cccc(C(Br)C(C)=O)c1OC(F)F. The molecule has 0 radical (unpaired) electrons. The zero-order valence-corrected chi connectivity index (χ0v) is 11.6. The summed E-state index contributed by atoms with van der Waals surface area (Å²) < 4.78 is 29.2. The number of rotatable bonds is 5. The molecule has 94 valence electrons. The van der Waals surface area contributed by atoms with Crippen molar-refractivity contribution >= 4 is 33.5 Å². The predicted octanol–water partition coefficient (Wildman–Crippen LogP) is 4.03. The number of carbonyl (C=O) groups is 1. The van der Waals surface area contributed by atoms with Crippen molar-refractivity contribution in [3.05, 3.63) is 23.8 Å². The second-order valence-corrected chi connectivity index (χ2v) is 4.99. The van der Waals surface area contributed by atoms with E-state index in [-0.39, 0.29) is 11.5 Å². The summed E-state index contributed by atoms with van der Waals surface area (Å²) in [7, 11) is 0. The number of benzene rings is 1. The van der Waals surface area contributed by atoms with Crippen LogP contribution in [0.4, 0.5) is 8.78 Å².